The number of nitrogen functional groups attached to an aromatic ring is 1. The van der Waals surface area contributed by atoms with Gasteiger partial charge in [-0.15, -0.1) is 0 Å². The van der Waals surface area contributed by atoms with Crippen LogP contribution in [-0.4, -0.2) is 5.91 Å². The molecule has 0 saturated heterocycles. The van der Waals surface area contributed by atoms with Crippen LogP contribution in [0.1, 0.15) is 44.4 Å². The number of hydrogen-bond acceptors (Lipinski definition) is 2. The van der Waals surface area contributed by atoms with E-state index in [0.29, 0.717) is 12.1 Å². The van der Waals surface area contributed by atoms with Crippen LogP contribution in [0.25, 0.3) is 0 Å². The molecule has 0 spiro atoms. The summed E-state index contributed by atoms with van der Waals surface area (Å²) < 4.78 is 13.2. The summed E-state index contributed by atoms with van der Waals surface area (Å²) in [6, 6.07) is 13.5. The van der Waals surface area contributed by atoms with Crippen molar-refractivity contribution in [2.45, 2.75) is 39.7 Å². The number of hydrogen-bond donors (Lipinski definition) is 2. The molecule has 0 aliphatic heterocycles. The van der Waals surface area contributed by atoms with E-state index in [1.807, 2.05) is 12.1 Å². The molecular formula is C20H25FN2O. The van der Waals surface area contributed by atoms with Crippen molar-refractivity contribution in [3.05, 3.63) is 65.5 Å². The second-order valence-corrected chi connectivity index (χ2v) is 7.35. The van der Waals surface area contributed by atoms with Crippen LogP contribution in [-0.2, 0) is 11.2 Å². The highest BCUT2D eigenvalue weighted by Crippen LogP contribution is 2.29. The zero-order valence-electron chi connectivity index (χ0n) is 14.5. The van der Waals surface area contributed by atoms with Crippen LogP contribution in [0.5, 0.6) is 0 Å². The average molecular weight is 328 g/mol. The Morgan fingerprint density at radius 3 is 2.21 bits per heavy atom. The summed E-state index contributed by atoms with van der Waals surface area (Å²) in [4.78, 5) is 12.4. The first kappa shape index (κ1) is 18.0. The highest BCUT2D eigenvalue weighted by atomic mass is 19.1. The molecule has 3 N–H and O–H groups in total. The fourth-order valence-corrected chi connectivity index (χ4v) is 2.63. The lowest BCUT2D eigenvalue weighted by molar-refractivity contribution is -0.121. The van der Waals surface area contributed by atoms with Gasteiger partial charge in [-0.1, -0.05) is 45.0 Å². The molecule has 3 nitrogen and oxygen atoms in total. The van der Waals surface area contributed by atoms with Gasteiger partial charge in [-0.05, 0) is 47.2 Å². The van der Waals surface area contributed by atoms with Crippen LogP contribution in [0.2, 0.25) is 0 Å². The summed E-state index contributed by atoms with van der Waals surface area (Å²) in [5.74, 6) is -0.334. The standard InChI is InChI=1S/C20H25FN2O/c1-20(2,3)13-18(15-6-8-16(21)9-7-15)23-19(24)12-14-4-10-17(22)11-5-14/h4-11,18H,12-13,22H2,1-3H3,(H,23,24). The number of nitrogens with one attached hydrogen (secondary N) is 1. The summed E-state index contributed by atoms with van der Waals surface area (Å²) in [5, 5.41) is 3.08. The number of rotatable bonds is 5. The molecule has 1 atom stereocenters. The number of halogens is 1. The van der Waals surface area contributed by atoms with Crippen molar-refractivity contribution in [2.24, 2.45) is 5.41 Å². The number of amides is 1. The van der Waals surface area contributed by atoms with Gasteiger partial charge in [0.1, 0.15) is 5.82 Å². The van der Waals surface area contributed by atoms with E-state index in [1.165, 1.54) is 12.1 Å². The largest absolute Gasteiger partial charge is 0.399 e. The van der Waals surface area contributed by atoms with Crippen molar-refractivity contribution >= 4 is 11.6 Å². The number of carbonyl (C=O) groups excluding carboxylic acids is 1. The lowest BCUT2D eigenvalue weighted by Gasteiger charge is -2.27. The van der Waals surface area contributed by atoms with E-state index in [-0.39, 0.29) is 23.2 Å². The molecule has 1 unspecified atom stereocenters. The Kier molecular flexibility index (Phi) is 5.60. The minimum atomic E-state index is -0.276. The monoisotopic (exact) mass is 328 g/mol. The van der Waals surface area contributed by atoms with Crippen molar-refractivity contribution in [1.82, 2.24) is 5.32 Å². The maximum absolute atomic E-state index is 13.2. The minimum Gasteiger partial charge on any atom is -0.399 e. The Bertz CT molecular complexity index is 672. The van der Waals surface area contributed by atoms with Crippen LogP contribution in [0.15, 0.2) is 48.5 Å². The van der Waals surface area contributed by atoms with Gasteiger partial charge in [0.2, 0.25) is 5.91 Å². The van der Waals surface area contributed by atoms with Crippen LogP contribution in [0.3, 0.4) is 0 Å². The summed E-state index contributed by atoms with van der Waals surface area (Å²) >= 11 is 0. The van der Waals surface area contributed by atoms with E-state index < -0.39 is 0 Å². The number of carbonyl (C=O) groups is 1. The van der Waals surface area contributed by atoms with Crippen molar-refractivity contribution in [1.29, 1.82) is 0 Å². The Morgan fingerprint density at radius 1 is 1.08 bits per heavy atom. The predicted molar refractivity (Wildman–Crippen MR) is 95.9 cm³/mol. The molecule has 0 fully saturated rings. The number of benzene rings is 2. The van der Waals surface area contributed by atoms with Crippen LogP contribution < -0.4 is 11.1 Å². The first-order valence-corrected chi connectivity index (χ1v) is 8.12. The molecule has 0 aliphatic rings. The molecular weight excluding hydrogens is 303 g/mol. The predicted octanol–water partition coefficient (Wildman–Crippen LogP) is 4.24. The molecule has 0 saturated carbocycles. The van der Waals surface area contributed by atoms with Gasteiger partial charge in [-0.25, -0.2) is 4.39 Å². The summed E-state index contributed by atoms with van der Waals surface area (Å²) in [6.45, 7) is 6.36. The Hall–Kier alpha value is -2.36. The van der Waals surface area contributed by atoms with E-state index in [1.54, 1.807) is 24.3 Å². The molecule has 0 bridgehead atoms. The van der Waals surface area contributed by atoms with Gasteiger partial charge < -0.3 is 11.1 Å². The van der Waals surface area contributed by atoms with Gasteiger partial charge in [0, 0.05) is 5.69 Å². The van der Waals surface area contributed by atoms with Gasteiger partial charge >= 0.3 is 0 Å². The first-order chi connectivity index (χ1) is 11.2. The topological polar surface area (TPSA) is 55.1 Å². The molecule has 1 amide bonds. The Labute approximate surface area is 143 Å². The quantitative estimate of drug-likeness (QED) is 0.806. The van der Waals surface area contributed by atoms with E-state index in [9.17, 15) is 9.18 Å². The zero-order valence-corrected chi connectivity index (χ0v) is 14.5. The Balaban J connectivity index is 2.10. The molecule has 128 valence electrons. The third-order valence-electron chi connectivity index (χ3n) is 3.77. The minimum absolute atomic E-state index is 0.0352. The SMILES string of the molecule is CC(C)(C)CC(NC(=O)Cc1ccc(N)cc1)c1ccc(F)cc1. The highest BCUT2D eigenvalue weighted by molar-refractivity contribution is 5.79. The average Bonchev–Trinajstić information content (AvgIpc) is 2.48. The Morgan fingerprint density at radius 2 is 1.67 bits per heavy atom. The van der Waals surface area contributed by atoms with E-state index in [2.05, 4.69) is 26.1 Å². The molecule has 0 radical (unpaired) electrons. The van der Waals surface area contributed by atoms with Crippen LogP contribution >= 0.6 is 0 Å². The van der Waals surface area contributed by atoms with Gasteiger partial charge in [-0.2, -0.15) is 0 Å². The molecule has 2 aromatic rings. The van der Waals surface area contributed by atoms with E-state index >= 15 is 0 Å². The normalized spacial score (nSPS) is 12.7. The van der Waals surface area contributed by atoms with Crippen LogP contribution in [0, 0.1) is 11.2 Å². The fourth-order valence-electron chi connectivity index (χ4n) is 2.63. The van der Waals surface area contributed by atoms with Crippen molar-refractivity contribution < 1.29 is 9.18 Å². The van der Waals surface area contributed by atoms with Gasteiger partial charge in [0.25, 0.3) is 0 Å². The molecule has 2 rings (SSSR count). The van der Waals surface area contributed by atoms with Gasteiger partial charge in [-0.3, -0.25) is 4.79 Å². The number of anilines is 1. The molecule has 4 heteroatoms. The third-order valence-corrected chi connectivity index (χ3v) is 3.77. The van der Waals surface area contributed by atoms with Crippen molar-refractivity contribution in [3.8, 4) is 0 Å². The zero-order chi connectivity index (χ0) is 17.7. The van der Waals surface area contributed by atoms with E-state index in [0.717, 1.165) is 17.5 Å². The lowest BCUT2D eigenvalue weighted by atomic mass is 9.85. The molecule has 0 heterocycles. The van der Waals surface area contributed by atoms with E-state index in [4.69, 9.17) is 5.73 Å². The van der Waals surface area contributed by atoms with Crippen molar-refractivity contribution in [2.75, 3.05) is 5.73 Å². The molecule has 24 heavy (non-hydrogen) atoms. The van der Waals surface area contributed by atoms with Crippen LogP contribution in [0.4, 0.5) is 10.1 Å². The number of nitrogens with two attached hydrogens (primary N) is 1. The van der Waals surface area contributed by atoms with Crippen molar-refractivity contribution in [3.63, 3.8) is 0 Å². The van der Waals surface area contributed by atoms with Gasteiger partial charge in [0.15, 0.2) is 0 Å². The second-order valence-electron chi connectivity index (χ2n) is 7.35. The smallest absolute Gasteiger partial charge is 0.224 e. The second kappa shape index (κ2) is 7.47. The maximum atomic E-state index is 13.2. The molecule has 0 aromatic heterocycles. The lowest BCUT2D eigenvalue weighted by Crippen LogP contribution is -2.32. The molecule has 2 aromatic carbocycles. The molecule has 0 aliphatic carbocycles. The fraction of sp³-hybridized carbons (Fsp3) is 0.350. The summed E-state index contributed by atoms with van der Waals surface area (Å²) in [7, 11) is 0. The summed E-state index contributed by atoms with van der Waals surface area (Å²) in [5.41, 5.74) is 8.20. The first-order valence-electron chi connectivity index (χ1n) is 8.12. The van der Waals surface area contributed by atoms with Gasteiger partial charge in [0.05, 0.1) is 12.5 Å². The maximum Gasteiger partial charge on any atom is 0.224 e. The third kappa shape index (κ3) is 5.69. The summed E-state index contributed by atoms with van der Waals surface area (Å²) in [6.07, 6.45) is 1.06. The highest BCUT2D eigenvalue weighted by Gasteiger charge is 2.22.